The average molecular weight is 271 g/mol. The summed E-state index contributed by atoms with van der Waals surface area (Å²) in [5, 5.41) is 13.6. The maximum absolute atomic E-state index is 11.7. The molecule has 0 aliphatic heterocycles. The van der Waals surface area contributed by atoms with E-state index in [1.54, 1.807) is 12.3 Å². The molecule has 0 aliphatic rings. The van der Waals surface area contributed by atoms with Gasteiger partial charge in [0.05, 0.1) is 12.1 Å². The van der Waals surface area contributed by atoms with Crippen LogP contribution < -0.4 is 11.1 Å². The summed E-state index contributed by atoms with van der Waals surface area (Å²) in [4.78, 5) is 26.7. The van der Waals surface area contributed by atoms with E-state index in [4.69, 9.17) is 10.8 Å². The summed E-state index contributed by atoms with van der Waals surface area (Å²) in [5.74, 6) is -1.49. The molecule has 0 spiro atoms. The molecule has 1 amide bonds. The van der Waals surface area contributed by atoms with E-state index in [1.165, 1.54) is 11.3 Å². The molecule has 1 aromatic rings. The minimum Gasteiger partial charge on any atom is -0.480 e. The molecule has 1 rings (SSSR count). The number of carboxylic acids is 1. The third-order valence-corrected chi connectivity index (χ3v) is 3.43. The number of amides is 1. The first kappa shape index (κ1) is 14.4. The van der Waals surface area contributed by atoms with Crippen LogP contribution in [-0.4, -0.2) is 28.0 Å². The number of aliphatic carboxylic acids is 1. The lowest BCUT2D eigenvalue weighted by atomic mass is 9.99. The quantitative estimate of drug-likeness (QED) is 0.712. The van der Waals surface area contributed by atoms with Crippen molar-refractivity contribution in [1.29, 1.82) is 0 Å². The van der Waals surface area contributed by atoms with Gasteiger partial charge in [-0.15, -0.1) is 11.3 Å². The van der Waals surface area contributed by atoms with Gasteiger partial charge in [-0.3, -0.25) is 4.79 Å². The maximum atomic E-state index is 11.7. The van der Waals surface area contributed by atoms with Gasteiger partial charge in [-0.2, -0.15) is 0 Å². The molecule has 0 bridgehead atoms. The fraction of sp³-hybridized carbons (Fsp3) is 0.545. The zero-order valence-corrected chi connectivity index (χ0v) is 11.2. The van der Waals surface area contributed by atoms with E-state index < -0.39 is 12.0 Å². The second-order valence-electron chi connectivity index (χ2n) is 4.12. The fourth-order valence-corrected chi connectivity index (χ4v) is 2.04. The molecule has 0 radical (unpaired) electrons. The van der Waals surface area contributed by atoms with Crippen LogP contribution in [0.15, 0.2) is 5.38 Å². The van der Waals surface area contributed by atoms with Crippen LogP contribution >= 0.6 is 11.3 Å². The minimum absolute atomic E-state index is 0.0495. The summed E-state index contributed by atoms with van der Waals surface area (Å²) in [7, 11) is 0. The predicted molar refractivity (Wildman–Crippen MR) is 69.3 cm³/mol. The van der Waals surface area contributed by atoms with Gasteiger partial charge in [-0.25, -0.2) is 9.78 Å². The molecule has 6 nitrogen and oxygen atoms in total. The number of nitrogen functional groups attached to an aromatic ring is 1. The van der Waals surface area contributed by atoms with Crippen LogP contribution in [0.1, 0.15) is 26.0 Å². The Bertz CT molecular complexity index is 433. The van der Waals surface area contributed by atoms with Crippen molar-refractivity contribution < 1.29 is 14.7 Å². The van der Waals surface area contributed by atoms with Gasteiger partial charge >= 0.3 is 5.97 Å². The van der Waals surface area contributed by atoms with Crippen LogP contribution in [-0.2, 0) is 16.0 Å². The number of carbonyl (C=O) groups is 2. The molecular weight excluding hydrogens is 254 g/mol. The largest absolute Gasteiger partial charge is 0.480 e. The molecule has 0 saturated heterocycles. The highest BCUT2D eigenvalue weighted by Crippen LogP contribution is 2.12. The van der Waals surface area contributed by atoms with E-state index in [0.717, 1.165) is 0 Å². The molecule has 1 aromatic heterocycles. The van der Waals surface area contributed by atoms with Crippen molar-refractivity contribution >= 4 is 28.3 Å². The number of nitrogens with one attached hydrogen (secondary N) is 1. The van der Waals surface area contributed by atoms with Gasteiger partial charge < -0.3 is 16.2 Å². The summed E-state index contributed by atoms with van der Waals surface area (Å²) in [6, 6.07) is -0.863. The molecule has 100 valence electrons. The fourth-order valence-electron chi connectivity index (χ4n) is 1.48. The van der Waals surface area contributed by atoms with Gasteiger partial charge in [0, 0.05) is 5.38 Å². The Labute approximate surface area is 109 Å². The number of carboxylic acid groups (broad SMARTS) is 1. The van der Waals surface area contributed by atoms with Crippen LogP contribution in [0.3, 0.4) is 0 Å². The highest BCUT2D eigenvalue weighted by molar-refractivity contribution is 7.13. The molecule has 0 aliphatic carbocycles. The molecule has 7 heteroatoms. The number of hydrogen-bond acceptors (Lipinski definition) is 5. The SMILES string of the molecule is CCC(C)[C@H](NC(=O)Cc1csc(N)n1)C(=O)O. The number of rotatable bonds is 6. The molecule has 0 aromatic carbocycles. The Morgan fingerprint density at radius 3 is 2.72 bits per heavy atom. The first-order valence-corrected chi connectivity index (χ1v) is 6.54. The van der Waals surface area contributed by atoms with Gasteiger partial charge in [0.1, 0.15) is 6.04 Å². The van der Waals surface area contributed by atoms with E-state index in [-0.39, 0.29) is 18.2 Å². The lowest BCUT2D eigenvalue weighted by Gasteiger charge is -2.19. The lowest BCUT2D eigenvalue weighted by molar-refractivity contribution is -0.143. The first-order chi connectivity index (χ1) is 8.43. The highest BCUT2D eigenvalue weighted by Gasteiger charge is 2.25. The molecule has 18 heavy (non-hydrogen) atoms. The number of hydrogen-bond donors (Lipinski definition) is 3. The number of aromatic nitrogens is 1. The molecule has 4 N–H and O–H groups in total. The van der Waals surface area contributed by atoms with Crippen molar-refractivity contribution in [2.75, 3.05) is 5.73 Å². The van der Waals surface area contributed by atoms with E-state index in [0.29, 0.717) is 17.2 Å². The van der Waals surface area contributed by atoms with E-state index in [2.05, 4.69) is 10.3 Å². The van der Waals surface area contributed by atoms with Crippen LogP contribution in [0.2, 0.25) is 0 Å². The van der Waals surface area contributed by atoms with E-state index in [1.807, 2.05) is 6.92 Å². The Morgan fingerprint density at radius 2 is 2.28 bits per heavy atom. The Morgan fingerprint density at radius 1 is 1.61 bits per heavy atom. The van der Waals surface area contributed by atoms with Crippen LogP contribution in [0.5, 0.6) is 0 Å². The van der Waals surface area contributed by atoms with E-state index >= 15 is 0 Å². The van der Waals surface area contributed by atoms with E-state index in [9.17, 15) is 9.59 Å². The van der Waals surface area contributed by atoms with Crippen molar-refractivity contribution in [1.82, 2.24) is 10.3 Å². The normalized spacial score (nSPS) is 13.9. The molecular formula is C11H17N3O3S. The summed E-state index contributed by atoms with van der Waals surface area (Å²) in [6.45, 7) is 3.67. The van der Waals surface area contributed by atoms with Crippen molar-refractivity contribution in [3.63, 3.8) is 0 Å². The Kier molecular flexibility index (Phi) is 5.08. The summed E-state index contributed by atoms with van der Waals surface area (Å²) in [5.41, 5.74) is 6.01. The zero-order chi connectivity index (χ0) is 13.7. The van der Waals surface area contributed by atoms with Crippen molar-refractivity contribution in [3.8, 4) is 0 Å². The molecule has 0 fully saturated rings. The third kappa shape index (κ3) is 3.99. The van der Waals surface area contributed by atoms with Gasteiger partial charge in [0.15, 0.2) is 5.13 Å². The monoisotopic (exact) mass is 271 g/mol. The summed E-state index contributed by atoms with van der Waals surface area (Å²) >= 11 is 1.25. The number of nitrogens with zero attached hydrogens (tertiary/aromatic N) is 1. The predicted octanol–water partition coefficient (Wildman–Crippen LogP) is 0.883. The van der Waals surface area contributed by atoms with Crippen LogP contribution in [0, 0.1) is 5.92 Å². The third-order valence-electron chi connectivity index (χ3n) is 2.71. The van der Waals surface area contributed by atoms with Crippen LogP contribution in [0.25, 0.3) is 0 Å². The summed E-state index contributed by atoms with van der Waals surface area (Å²) in [6.07, 6.45) is 0.731. The van der Waals surface area contributed by atoms with Crippen molar-refractivity contribution in [3.05, 3.63) is 11.1 Å². The van der Waals surface area contributed by atoms with Gasteiger partial charge in [0.25, 0.3) is 0 Å². The number of thiazole rings is 1. The Hall–Kier alpha value is -1.63. The maximum Gasteiger partial charge on any atom is 0.326 e. The molecule has 2 atom stereocenters. The highest BCUT2D eigenvalue weighted by atomic mass is 32.1. The molecule has 1 unspecified atom stereocenters. The van der Waals surface area contributed by atoms with Crippen molar-refractivity contribution in [2.45, 2.75) is 32.7 Å². The number of anilines is 1. The topological polar surface area (TPSA) is 105 Å². The molecule has 1 heterocycles. The Balaban J connectivity index is 2.59. The smallest absolute Gasteiger partial charge is 0.326 e. The number of nitrogens with two attached hydrogens (primary N) is 1. The lowest BCUT2D eigenvalue weighted by Crippen LogP contribution is -2.45. The average Bonchev–Trinajstić information content (AvgIpc) is 2.70. The van der Waals surface area contributed by atoms with Gasteiger partial charge in [0.2, 0.25) is 5.91 Å². The molecule has 0 saturated carbocycles. The zero-order valence-electron chi connectivity index (χ0n) is 10.3. The summed E-state index contributed by atoms with van der Waals surface area (Å²) < 4.78 is 0. The second-order valence-corrected chi connectivity index (χ2v) is 5.01. The van der Waals surface area contributed by atoms with Gasteiger partial charge in [-0.05, 0) is 5.92 Å². The van der Waals surface area contributed by atoms with Gasteiger partial charge in [-0.1, -0.05) is 20.3 Å². The standard InChI is InChI=1S/C11H17N3O3S/c1-3-6(2)9(10(16)17)14-8(15)4-7-5-18-11(12)13-7/h5-6,9H,3-4H2,1-2H3,(H2,12,13)(H,14,15)(H,16,17)/t6?,9-/m0/s1. The second kappa shape index (κ2) is 6.34. The van der Waals surface area contributed by atoms with Crippen molar-refractivity contribution in [2.24, 2.45) is 5.92 Å². The number of carbonyl (C=O) groups excluding carboxylic acids is 1. The first-order valence-electron chi connectivity index (χ1n) is 5.66. The van der Waals surface area contributed by atoms with Crippen LogP contribution in [0.4, 0.5) is 5.13 Å². The minimum atomic E-state index is -1.02.